The number of unbranched alkanes of at least 4 members (excludes halogenated alkanes) is 1. The SMILES string of the molecule is CCCCOP(=O)(O)Cc1ccc(O)cc1. The fourth-order valence-electron chi connectivity index (χ4n) is 1.23. The summed E-state index contributed by atoms with van der Waals surface area (Å²) in [5.74, 6) is 0.142. The lowest BCUT2D eigenvalue weighted by molar-refractivity contribution is 0.254. The van der Waals surface area contributed by atoms with Crippen LogP contribution in [0.5, 0.6) is 5.75 Å². The number of phenols is 1. The van der Waals surface area contributed by atoms with Gasteiger partial charge in [-0.3, -0.25) is 4.57 Å². The number of hydrogen-bond donors (Lipinski definition) is 2. The van der Waals surface area contributed by atoms with E-state index in [1.54, 1.807) is 12.1 Å². The van der Waals surface area contributed by atoms with E-state index in [0.29, 0.717) is 12.2 Å². The molecule has 5 heteroatoms. The highest BCUT2D eigenvalue weighted by Crippen LogP contribution is 2.45. The zero-order valence-electron chi connectivity index (χ0n) is 9.30. The zero-order valence-corrected chi connectivity index (χ0v) is 10.2. The summed E-state index contributed by atoms with van der Waals surface area (Å²) in [6.45, 7) is 2.30. The second-order valence-electron chi connectivity index (χ2n) is 3.65. The van der Waals surface area contributed by atoms with Gasteiger partial charge in [0.05, 0.1) is 12.8 Å². The van der Waals surface area contributed by atoms with Gasteiger partial charge in [-0.15, -0.1) is 0 Å². The van der Waals surface area contributed by atoms with Gasteiger partial charge in [-0.1, -0.05) is 25.5 Å². The van der Waals surface area contributed by atoms with Gasteiger partial charge in [0.2, 0.25) is 0 Å². The summed E-state index contributed by atoms with van der Waals surface area (Å²) in [4.78, 5) is 9.53. The molecule has 1 aromatic carbocycles. The number of phenolic OH excluding ortho intramolecular Hbond substituents is 1. The van der Waals surface area contributed by atoms with Crippen LogP contribution >= 0.6 is 7.60 Å². The predicted molar refractivity (Wildman–Crippen MR) is 62.5 cm³/mol. The number of hydrogen-bond acceptors (Lipinski definition) is 3. The van der Waals surface area contributed by atoms with Gasteiger partial charge >= 0.3 is 7.60 Å². The Kier molecular flexibility index (Phi) is 5.00. The van der Waals surface area contributed by atoms with Gasteiger partial charge in [0, 0.05) is 0 Å². The van der Waals surface area contributed by atoms with Crippen LogP contribution in [-0.2, 0) is 15.3 Å². The molecule has 0 radical (unpaired) electrons. The summed E-state index contributed by atoms with van der Waals surface area (Å²) in [5, 5.41) is 9.07. The predicted octanol–water partition coefficient (Wildman–Crippen LogP) is 2.89. The third kappa shape index (κ3) is 4.79. The lowest BCUT2D eigenvalue weighted by Crippen LogP contribution is -1.95. The molecule has 90 valence electrons. The minimum atomic E-state index is -3.54. The van der Waals surface area contributed by atoms with Crippen molar-refractivity contribution in [1.82, 2.24) is 0 Å². The van der Waals surface area contributed by atoms with Crippen molar-refractivity contribution in [2.45, 2.75) is 25.9 Å². The van der Waals surface area contributed by atoms with E-state index in [9.17, 15) is 9.46 Å². The van der Waals surface area contributed by atoms with Crippen LogP contribution in [0.1, 0.15) is 25.3 Å². The average Bonchev–Trinajstić information content (AvgIpc) is 2.21. The van der Waals surface area contributed by atoms with Gasteiger partial charge in [-0.2, -0.15) is 0 Å². The molecule has 1 aromatic rings. The normalized spacial score (nSPS) is 14.6. The lowest BCUT2D eigenvalue weighted by Gasteiger charge is -2.11. The molecule has 16 heavy (non-hydrogen) atoms. The summed E-state index contributed by atoms with van der Waals surface area (Å²) in [5.41, 5.74) is 0.681. The van der Waals surface area contributed by atoms with E-state index in [1.165, 1.54) is 12.1 Å². The molecule has 0 aliphatic rings. The maximum absolute atomic E-state index is 11.6. The van der Waals surface area contributed by atoms with Crippen molar-refractivity contribution in [2.75, 3.05) is 6.61 Å². The van der Waals surface area contributed by atoms with E-state index in [4.69, 9.17) is 9.63 Å². The molecule has 1 atom stereocenters. The van der Waals surface area contributed by atoms with Crippen LogP contribution in [-0.4, -0.2) is 16.6 Å². The Bertz CT molecular complexity index is 361. The smallest absolute Gasteiger partial charge is 0.332 e. The van der Waals surface area contributed by atoms with Crippen molar-refractivity contribution in [2.24, 2.45) is 0 Å². The molecule has 0 heterocycles. The molecular formula is C11H17O4P. The van der Waals surface area contributed by atoms with Crippen LogP contribution in [0, 0.1) is 0 Å². The second kappa shape index (κ2) is 6.04. The van der Waals surface area contributed by atoms with E-state index in [2.05, 4.69) is 0 Å². The Morgan fingerprint density at radius 3 is 2.50 bits per heavy atom. The number of rotatable bonds is 6. The Hall–Kier alpha value is -0.830. The number of benzene rings is 1. The van der Waals surface area contributed by atoms with E-state index in [1.807, 2.05) is 6.92 Å². The highest BCUT2D eigenvalue weighted by Gasteiger charge is 2.19. The molecule has 0 spiro atoms. The standard InChI is InChI=1S/C11H17O4P/c1-2-3-8-15-16(13,14)9-10-4-6-11(12)7-5-10/h4-7,12H,2-3,8-9H2,1H3,(H,13,14). The molecule has 0 bridgehead atoms. The molecule has 0 saturated carbocycles. The quantitative estimate of drug-likeness (QED) is 0.596. The Labute approximate surface area is 95.4 Å². The van der Waals surface area contributed by atoms with Gasteiger partial charge in [0.1, 0.15) is 5.75 Å². The fourth-order valence-corrected chi connectivity index (χ4v) is 2.41. The average molecular weight is 244 g/mol. The van der Waals surface area contributed by atoms with Crippen molar-refractivity contribution < 1.29 is 19.1 Å². The monoisotopic (exact) mass is 244 g/mol. The van der Waals surface area contributed by atoms with Crippen LogP contribution in [0.2, 0.25) is 0 Å². The topological polar surface area (TPSA) is 66.8 Å². The van der Waals surface area contributed by atoms with E-state index >= 15 is 0 Å². The summed E-state index contributed by atoms with van der Waals surface area (Å²) >= 11 is 0. The maximum atomic E-state index is 11.6. The van der Waals surface area contributed by atoms with Crippen molar-refractivity contribution in [3.05, 3.63) is 29.8 Å². The first kappa shape index (κ1) is 13.2. The van der Waals surface area contributed by atoms with Gasteiger partial charge in [-0.25, -0.2) is 0 Å². The van der Waals surface area contributed by atoms with E-state index in [-0.39, 0.29) is 11.9 Å². The molecular weight excluding hydrogens is 227 g/mol. The van der Waals surface area contributed by atoms with Crippen LogP contribution in [0.15, 0.2) is 24.3 Å². The summed E-state index contributed by atoms with van der Waals surface area (Å²) in [6, 6.07) is 6.20. The third-order valence-corrected chi connectivity index (χ3v) is 3.46. The highest BCUT2D eigenvalue weighted by molar-refractivity contribution is 7.51. The summed E-state index contributed by atoms with van der Waals surface area (Å²) in [6.07, 6.45) is 1.69. The van der Waals surface area contributed by atoms with Gasteiger partial charge in [0.15, 0.2) is 0 Å². The number of aromatic hydroxyl groups is 1. The lowest BCUT2D eigenvalue weighted by atomic mass is 10.2. The summed E-state index contributed by atoms with van der Waals surface area (Å²) < 4.78 is 16.6. The zero-order chi connectivity index (χ0) is 12.0. The molecule has 0 aliphatic carbocycles. The van der Waals surface area contributed by atoms with Crippen LogP contribution in [0.3, 0.4) is 0 Å². The Morgan fingerprint density at radius 2 is 1.94 bits per heavy atom. The van der Waals surface area contributed by atoms with E-state index < -0.39 is 7.60 Å². The first-order valence-electron chi connectivity index (χ1n) is 5.28. The van der Waals surface area contributed by atoms with Crippen molar-refractivity contribution in [3.63, 3.8) is 0 Å². The van der Waals surface area contributed by atoms with E-state index in [0.717, 1.165) is 12.8 Å². The molecule has 2 N–H and O–H groups in total. The van der Waals surface area contributed by atoms with Crippen molar-refractivity contribution in [1.29, 1.82) is 0 Å². The molecule has 0 aromatic heterocycles. The molecule has 0 saturated heterocycles. The second-order valence-corrected chi connectivity index (χ2v) is 5.50. The third-order valence-electron chi connectivity index (χ3n) is 2.11. The molecule has 0 amide bonds. The maximum Gasteiger partial charge on any atom is 0.332 e. The minimum absolute atomic E-state index is 0.0169. The van der Waals surface area contributed by atoms with Crippen LogP contribution in [0.4, 0.5) is 0 Å². The van der Waals surface area contributed by atoms with Gasteiger partial charge < -0.3 is 14.5 Å². The molecule has 0 fully saturated rings. The highest BCUT2D eigenvalue weighted by atomic mass is 31.2. The van der Waals surface area contributed by atoms with Crippen molar-refractivity contribution >= 4 is 7.60 Å². The molecule has 0 aliphatic heterocycles. The van der Waals surface area contributed by atoms with Crippen LogP contribution < -0.4 is 0 Å². The largest absolute Gasteiger partial charge is 0.508 e. The molecule has 4 nitrogen and oxygen atoms in total. The first-order chi connectivity index (χ1) is 7.53. The van der Waals surface area contributed by atoms with Crippen molar-refractivity contribution in [3.8, 4) is 5.75 Å². The van der Waals surface area contributed by atoms with Crippen LogP contribution in [0.25, 0.3) is 0 Å². The summed E-state index contributed by atoms with van der Waals surface area (Å²) in [7, 11) is -3.54. The first-order valence-corrected chi connectivity index (χ1v) is 7.04. The van der Waals surface area contributed by atoms with Gasteiger partial charge in [-0.05, 0) is 24.1 Å². The van der Waals surface area contributed by atoms with Gasteiger partial charge in [0.25, 0.3) is 0 Å². The molecule has 1 unspecified atom stereocenters. The molecule has 1 rings (SSSR count). The Balaban J connectivity index is 2.51. The fraction of sp³-hybridized carbons (Fsp3) is 0.455. The minimum Gasteiger partial charge on any atom is -0.508 e. The Morgan fingerprint density at radius 1 is 1.31 bits per heavy atom.